The van der Waals surface area contributed by atoms with Gasteiger partial charge >= 0.3 is 23.8 Å². The van der Waals surface area contributed by atoms with Crippen LogP contribution in [0, 0.1) is 0 Å². The lowest BCUT2D eigenvalue weighted by Gasteiger charge is -2.46. The van der Waals surface area contributed by atoms with E-state index in [9.17, 15) is 24.0 Å². The summed E-state index contributed by atoms with van der Waals surface area (Å²) < 4.78 is 9.36. The summed E-state index contributed by atoms with van der Waals surface area (Å²) in [5, 5.41) is 11.2. The average molecular weight is 491 g/mol. The molecule has 1 aromatic carbocycles. The molecule has 2 rings (SSSR count). The van der Waals surface area contributed by atoms with E-state index in [1.54, 1.807) is 13.8 Å². The second-order valence-electron chi connectivity index (χ2n) is 9.62. The van der Waals surface area contributed by atoms with Gasteiger partial charge in [-0.1, -0.05) is 0 Å². The maximum atomic E-state index is 13.1. The Morgan fingerprint density at radius 2 is 1.26 bits per heavy atom. The number of piperidine rings is 1. The van der Waals surface area contributed by atoms with Crippen LogP contribution in [-0.4, -0.2) is 60.0 Å². The topological polar surface area (TPSA) is 152 Å². The lowest BCUT2D eigenvalue weighted by atomic mass is 9.79. The first-order valence-electron chi connectivity index (χ1n) is 11.5. The quantitative estimate of drug-likeness (QED) is 0.348. The molecule has 0 aromatic heterocycles. The van der Waals surface area contributed by atoms with E-state index < -0.39 is 29.7 Å². The summed E-state index contributed by atoms with van der Waals surface area (Å²) in [4.78, 5) is 60.8. The monoisotopic (exact) mass is 490 g/mol. The molecule has 1 aliphatic heterocycles. The summed E-state index contributed by atoms with van der Waals surface area (Å²) in [5.74, 6) is -4.73. The van der Waals surface area contributed by atoms with Crippen molar-refractivity contribution < 1.29 is 33.4 Å². The van der Waals surface area contributed by atoms with E-state index in [0.717, 1.165) is 0 Å². The molecule has 0 bridgehead atoms. The predicted octanol–water partition coefficient (Wildman–Crippen LogP) is 1.73. The summed E-state index contributed by atoms with van der Waals surface area (Å²) in [7, 11) is 0. The smallest absolute Gasteiger partial charge is 0.397 e. The number of amides is 3. The highest BCUT2D eigenvalue weighted by molar-refractivity contribution is 6.38. The Bertz CT molecular complexity index is 937. The van der Waals surface area contributed by atoms with Crippen LogP contribution in [0.4, 0.5) is 11.4 Å². The van der Waals surface area contributed by atoms with Crippen LogP contribution in [0.3, 0.4) is 0 Å². The van der Waals surface area contributed by atoms with Crippen LogP contribution in [0.25, 0.3) is 0 Å². The van der Waals surface area contributed by atoms with Gasteiger partial charge in [0.05, 0.1) is 13.2 Å². The number of hydrogen-bond acceptors (Lipinski definition) is 8. The Balaban J connectivity index is 2.31. The zero-order valence-corrected chi connectivity index (χ0v) is 21.0. The highest BCUT2D eigenvalue weighted by atomic mass is 16.5. The molecule has 0 atom stereocenters. The zero-order chi connectivity index (χ0) is 26.4. The van der Waals surface area contributed by atoms with Crippen LogP contribution in [0.15, 0.2) is 18.2 Å². The summed E-state index contributed by atoms with van der Waals surface area (Å²) in [5.41, 5.74) is -0.177. The maximum Gasteiger partial charge on any atom is 0.397 e. The number of esters is 2. The number of hydrogen-bond donors (Lipinski definition) is 4. The third-order valence-corrected chi connectivity index (χ3v) is 5.16. The normalized spacial score (nSPS) is 16.5. The highest BCUT2D eigenvalue weighted by Gasteiger charge is 2.38. The van der Waals surface area contributed by atoms with E-state index in [2.05, 4.69) is 58.4 Å². The molecule has 0 aliphatic carbocycles. The SMILES string of the molecule is CCOC(=O)C(=O)Nc1cc(NC(=O)C(=O)OCC)cc(C(=O)NC2CC(C)(C)NC(C)(C)C2)c1. The minimum absolute atomic E-state index is 0.0124. The summed E-state index contributed by atoms with van der Waals surface area (Å²) in [6.45, 7) is 11.4. The second kappa shape index (κ2) is 11.3. The molecule has 3 amide bonds. The van der Waals surface area contributed by atoms with Crippen molar-refractivity contribution in [2.24, 2.45) is 0 Å². The van der Waals surface area contributed by atoms with Crippen molar-refractivity contribution in [3.05, 3.63) is 23.8 Å². The minimum atomic E-state index is -1.10. The summed E-state index contributed by atoms with van der Waals surface area (Å²) in [6, 6.07) is 3.90. The van der Waals surface area contributed by atoms with Crippen molar-refractivity contribution in [1.29, 1.82) is 0 Å². The van der Waals surface area contributed by atoms with Crippen LogP contribution in [0.1, 0.15) is 64.7 Å². The van der Waals surface area contributed by atoms with Crippen molar-refractivity contribution in [1.82, 2.24) is 10.6 Å². The molecule has 1 aromatic rings. The molecule has 1 fully saturated rings. The molecule has 1 aliphatic rings. The third-order valence-electron chi connectivity index (χ3n) is 5.16. The molecule has 11 heteroatoms. The Labute approximate surface area is 204 Å². The fourth-order valence-corrected chi connectivity index (χ4v) is 4.35. The minimum Gasteiger partial charge on any atom is -0.459 e. The molecule has 0 saturated carbocycles. The van der Waals surface area contributed by atoms with Gasteiger partial charge in [0.1, 0.15) is 0 Å². The number of benzene rings is 1. The number of nitrogens with one attached hydrogen (secondary N) is 4. The van der Waals surface area contributed by atoms with Crippen molar-refractivity contribution in [3.8, 4) is 0 Å². The molecule has 1 heterocycles. The summed E-state index contributed by atoms with van der Waals surface area (Å²) >= 11 is 0. The fourth-order valence-electron chi connectivity index (χ4n) is 4.35. The number of carbonyl (C=O) groups excluding carboxylic acids is 5. The van der Waals surface area contributed by atoms with Crippen molar-refractivity contribution in [2.45, 2.75) is 71.5 Å². The first-order chi connectivity index (χ1) is 16.2. The van der Waals surface area contributed by atoms with Crippen LogP contribution >= 0.6 is 0 Å². The molecule has 192 valence electrons. The molecule has 0 spiro atoms. The Hall–Kier alpha value is -3.47. The third kappa shape index (κ3) is 8.36. The fraction of sp³-hybridized carbons (Fsp3) is 0.542. The second-order valence-corrected chi connectivity index (χ2v) is 9.62. The molecular weight excluding hydrogens is 456 g/mol. The van der Waals surface area contributed by atoms with Gasteiger partial charge in [0.25, 0.3) is 5.91 Å². The van der Waals surface area contributed by atoms with Crippen LogP contribution in [0.2, 0.25) is 0 Å². The van der Waals surface area contributed by atoms with E-state index in [4.69, 9.17) is 0 Å². The van der Waals surface area contributed by atoms with Gasteiger partial charge in [-0.2, -0.15) is 0 Å². The van der Waals surface area contributed by atoms with Crippen molar-refractivity contribution in [3.63, 3.8) is 0 Å². The molecule has 0 radical (unpaired) electrons. The van der Waals surface area contributed by atoms with Gasteiger partial charge in [-0.05, 0) is 72.6 Å². The maximum absolute atomic E-state index is 13.1. The van der Waals surface area contributed by atoms with Crippen molar-refractivity contribution >= 4 is 41.0 Å². The molecule has 11 nitrogen and oxygen atoms in total. The number of carbonyl (C=O) groups is 5. The standard InChI is InChI=1S/C24H34N4O7/c1-7-34-21(32)19(30)25-15-9-14(10-16(11-15)26-20(31)22(33)35-8-2)18(29)27-17-12-23(3,4)28-24(5,6)13-17/h9-11,17,28H,7-8,12-13H2,1-6H3,(H,25,30)(H,26,31)(H,27,29). The Morgan fingerprint density at radius 3 is 1.66 bits per heavy atom. The van der Waals surface area contributed by atoms with E-state index in [-0.39, 0.29) is 47.3 Å². The molecule has 35 heavy (non-hydrogen) atoms. The number of anilines is 2. The van der Waals surface area contributed by atoms with Gasteiger partial charge in [-0.15, -0.1) is 0 Å². The molecule has 1 saturated heterocycles. The van der Waals surface area contributed by atoms with Crippen LogP contribution in [-0.2, 0) is 28.7 Å². The average Bonchev–Trinajstić information content (AvgIpc) is 2.71. The Morgan fingerprint density at radius 1 is 0.829 bits per heavy atom. The van der Waals surface area contributed by atoms with Gasteiger partial charge < -0.3 is 30.7 Å². The highest BCUT2D eigenvalue weighted by Crippen LogP contribution is 2.29. The van der Waals surface area contributed by atoms with E-state index in [1.165, 1.54) is 18.2 Å². The lowest BCUT2D eigenvalue weighted by Crippen LogP contribution is -2.62. The lowest BCUT2D eigenvalue weighted by molar-refractivity contribution is -0.152. The van der Waals surface area contributed by atoms with Gasteiger partial charge in [-0.3, -0.25) is 14.4 Å². The van der Waals surface area contributed by atoms with E-state index >= 15 is 0 Å². The van der Waals surface area contributed by atoms with Gasteiger partial charge in [-0.25, -0.2) is 9.59 Å². The van der Waals surface area contributed by atoms with Gasteiger partial charge in [0.15, 0.2) is 0 Å². The largest absolute Gasteiger partial charge is 0.459 e. The predicted molar refractivity (Wildman–Crippen MR) is 129 cm³/mol. The van der Waals surface area contributed by atoms with Gasteiger partial charge in [0.2, 0.25) is 0 Å². The van der Waals surface area contributed by atoms with Crippen LogP contribution in [0.5, 0.6) is 0 Å². The van der Waals surface area contributed by atoms with Gasteiger partial charge in [0, 0.05) is 34.1 Å². The van der Waals surface area contributed by atoms with E-state index in [1.807, 2.05) is 0 Å². The van der Waals surface area contributed by atoms with E-state index in [0.29, 0.717) is 12.8 Å². The molecular formula is C24H34N4O7. The first-order valence-corrected chi connectivity index (χ1v) is 11.5. The van der Waals surface area contributed by atoms with Crippen molar-refractivity contribution in [2.75, 3.05) is 23.8 Å². The molecule has 4 N–H and O–H groups in total. The number of ether oxygens (including phenoxy) is 2. The van der Waals surface area contributed by atoms with Crippen LogP contribution < -0.4 is 21.3 Å². The Kier molecular flexibility index (Phi) is 8.97. The number of rotatable bonds is 6. The zero-order valence-electron chi connectivity index (χ0n) is 21.0. The molecule has 0 unspecified atom stereocenters. The summed E-state index contributed by atoms with van der Waals surface area (Å²) in [6.07, 6.45) is 1.38. The first kappa shape index (κ1) is 27.8.